The summed E-state index contributed by atoms with van der Waals surface area (Å²) in [5, 5.41) is 6.44. The molecule has 1 atom stereocenters. The Balaban J connectivity index is 0.00000364. The molecule has 0 radical (unpaired) electrons. The van der Waals surface area contributed by atoms with Crippen LogP contribution in [0.5, 0.6) is 5.75 Å². The molecule has 1 saturated heterocycles. The van der Waals surface area contributed by atoms with Crippen LogP contribution >= 0.6 is 12.4 Å². The molecular formula is C21H35ClN2O3. The average molecular weight is 399 g/mol. The molecule has 2 rings (SSSR count). The fourth-order valence-corrected chi connectivity index (χ4v) is 3.35. The van der Waals surface area contributed by atoms with Crippen LogP contribution in [0.3, 0.4) is 0 Å². The Morgan fingerprint density at radius 3 is 2.56 bits per heavy atom. The first-order valence-electron chi connectivity index (χ1n) is 9.50. The number of amides is 1. The highest BCUT2D eigenvalue weighted by atomic mass is 35.5. The van der Waals surface area contributed by atoms with Crippen LogP contribution in [-0.2, 0) is 14.9 Å². The lowest BCUT2D eigenvalue weighted by Gasteiger charge is -2.37. The maximum atomic E-state index is 12.5. The van der Waals surface area contributed by atoms with Crippen LogP contribution in [-0.4, -0.2) is 45.4 Å². The maximum absolute atomic E-state index is 12.5. The third-order valence-electron chi connectivity index (χ3n) is 5.13. The van der Waals surface area contributed by atoms with Gasteiger partial charge in [0, 0.05) is 19.1 Å². The number of carbonyl (C=O) groups is 1. The first-order valence-corrected chi connectivity index (χ1v) is 9.50. The molecule has 1 aromatic carbocycles. The largest absolute Gasteiger partial charge is 0.481 e. The van der Waals surface area contributed by atoms with Gasteiger partial charge in [-0.15, -0.1) is 12.4 Å². The van der Waals surface area contributed by atoms with E-state index in [2.05, 4.69) is 37.5 Å². The van der Waals surface area contributed by atoms with Crippen molar-refractivity contribution in [2.24, 2.45) is 5.41 Å². The zero-order chi connectivity index (χ0) is 19.2. The molecule has 5 nitrogen and oxygen atoms in total. The van der Waals surface area contributed by atoms with Gasteiger partial charge in [-0.2, -0.15) is 0 Å². The van der Waals surface area contributed by atoms with Gasteiger partial charge in [0.25, 0.3) is 5.91 Å². The quantitative estimate of drug-likeness (QED) is 0.739. The van der Waals surface area contributed by atoms with Crippen LogP contribution in [0.15, 0.2) is 24.3 Å². The van der Waals surface area contributed by atoms with Crippen molar-refractivity contribution in [1.82, 2.24) is 10.6 Å². The summed E-state index contributed by atoms with van der Waals surface area (Å²) >= 11 is 0. The average Bonchev–Trinajstić information content (AvgIpc) is 2.60. The minimum atomic E-state index is -0.536. The van der Waals surface area contributed by atoms with E-state index in [9.17, 15) is 4.79 Å². The molecule has 1 aromatic rings. The van der Waals surface area contributed by atoms with Crippen molar-refractivity contribution in [3.63, 3.8) is 0 Å². The van der Waals surface area contributed by atoms with E-state index in [1.54, 1.807) is 14.0 Å². The number of nitrogens with one attached hydrogen (secondary N) is 2. The lowest BCUT2D eigenvalue weighted by atomic mass is 9.79. The summed E-state index contributed by atoms with van der Waals surface area (Å²) in [6, 6.07) is 7.98. The van der Waals surface area contributed by atoms with E-state index < -0.39 is 6.10 Å². The molecule has 1 aliphatic heterocycles. The van der Waals surface area contributed by atoms with Gasteiger partial charge in [-0.05, 0) is 56.0 Å². The Morgan fingerprint density at radius 1 is 1.30 bits per heavy atom. The second kappa shape index (κ2) is 10.3. The van der Waals surface area contributed by atoms with Crippen LogP contribution in [0.1, 0.15) is 46.1 Å². The zero-order valence-corrected chi connectivity index (χ0v) is 18.1. The van der Waals surface area contributed by atoms with E-state index in [0.717, 1.165) is 31.7 Å². The molecule has 0 aliphatic carbocycles. The number of ether oxygens (including phenoxy) is 2. The molecule has 2 N–H and O–H groups in total. The second-order valence-electron chi connectivity index (χ2n) is 8.44. The molecule has 1 heterocycles. The molecule has 6 heteroatoms. The molecule has 0 saturated carbocycles. The van der Waals surface area contributed by atoms with E-state index in [1.807, 2.05) is 18.2 Å². The first kappa shape index (κ1) is 23.7. The molecular weight excluding hydrogens is 364 g/mol. The van der Waals surface area contributed by atoms with Crippen molar-refractivity contribution < 1.29 is 14.3 Å². The van der Waals surface area contributed by atoms with Gasteiger partial charge in [0.2, 0.25) is 0 Å². The minimum absolute atomic E-state index is 0. The van der Waals surface area contributed by atoms with Crippen LogP contribution < -0.4 is 15.4 Å². The minimum Gasteiger partial charge on any atom is -0.481 e. The lowest BCUT2D eigenvalue weighted by Crippen LogP contribution is -2.49. The Kier molecular flexibility index (Phi) is 9.06. The summed E-state index contributed by atoms with van der Waals surface area (Å²) in [6.45, 7) is 11.5. The van der Waals surface area contributed by atoms with Crippen molar-refractivity contribution in [3.8, 4) is 5.75 Å². The van der Waals surface area contributed by atoms with Gasteiger partial charge < -0.3 is 20.1 Å². The van der Waals surface area contributed by atoms with Gasteiger partial charge in [-0.1, -0.05) is 32.9 Å². The predicted molar refractivity (Wildman–Crippen MR) is 112 cm³/mol. The van der Waals surface area contributed by atoms with E-state index in [0.29, 0.717) is 13.2 Å². The van der Waals surface area contributed by atoms with Gasteiger partial charge in [-0.25, -0.2) is 0 Å². The number of piperidine rings is 1. The molecule has 0 spiro atoms. The molecule has 1 amide bonds. The fraction of sp³-hybridized carbons (Fsp3) is 0.667. The summed E-state index contributed by atoms with van der Waals surface area (Å²) in [6.07, 6.45) is 1.47. The number of halogens is 1. The third kappa shape index (κ3) is 6.98. The normalized spacial score (nSPS) is 17.5. The standard InChI is InChI=1S/C21H34N2O3.ClH/c1-16(26-18-8-6-7-17(13-18)20(2,3)4)19(24)23-14-21(15-25-5)9-11-22-12-10-21;/h6-8,13,16,22H,9-12,14-15H2,1-5H3,(H,23,24);1H. The molecule has 154 valence electrons. The van der Waals surface area contributed by atoms with Gasteiger partial charge in [0.15, 0.2) is 6.10 Å². The number of benzene rings is 1. The summed E-state index contributed by atoms with van der Waals surface area (Å²) < 4.78 is 11.3. The molecule has 27 heavy (non-hydrogen) atoms. The number of hydrogen-bond donors (Lipinski definition) is 2. The smallest absolute Gasteiger partial charge is 0.260 e. The van der Waals surface area contributed by atoms with Crippen molar-refractivity contribution >= 4 is 18.3 Å². The van der Waals surface area contributed by atoms with Crippen molar-refractivity contribution in [1.29, 1.82) is 0 Å². The lowest BCUT2D eigenvalue weighted by molar-refractivity contribution is -0.128. The van der Waals surface area contributed by atoms with Crippen molar-refractivity contribution in [2.75, 3.05) is 33.4 Å². The third-order valence-corrected chi connectivity index (χ3v) is 5.13. The van der Waals surface area contributed by atoms with E-state index in [-0.39, 0.29) is 29.1 Å². The van der Waals surface area contributed by atoms with Crippen molar-refractivity contribution in [3.05, 3.63) is 29.8 Å². The number of carbonyl (C=O) groups excluding carboxylic acids is 1. The summed E-state index contributed by atoms with van der Waals surface area (Å²) in [5.41, 5.74) is 1.25. The van der Waals surface area contributed by atoms with E-state index in [1.165, 1.54) is 5.56 Å². The molecule has 0 bridgehead atoms. The molecule has 1 unspecified atom stereocenters. The highest BCUT2D eigenvalue weighted by Gasteiger charge is 2.33. The Morgan fingerprint density at radius 2 is 1.96 bits per heavy atom. The van der Waals surface area contributed by atoms with E-state index in [4.69, 9.17) is 9.47 Å². The van der Waals surface area contributed by atoms with E-state index >= 15 is 0 Å². The SMILES string of the molecule is COCC1(CNC(=O)C(C)Oc2cccc(C(C)(C)C)c2)CCNCC1.Cl. The monoisotopic (exact) mass is 398 g/mol. The number of hydrogen-bond acceptors (Lipinski definition) is 4. The van der Waals surface area contributed by atoms with Crippen LogP contribution in [0.4, 0.5) is 0 Å². The van der Waals surface area contributed by atoms with Crippen LogP contribution in [0.25, 0.3) is 0 Å². The van der Waals surface area contributed by atoms with Crippen molar-refractivity contribution in [2.45, 2.75) is 52.1 Å². The predicted octanol–water partition coefficient (Wildman–Crippen LogP) is 3.31. The van der Waals surface area contributed by atoms with Crippen LogP contribution in [0, 0.1) is 5.41 Å². The van der Waals surface area contributed by atoms with Gasteiger partial charge >= 0.3 is 0 Å². The highest BCUT2D eigenvalue weighted by molar-refractivity contribution is 5.85. The van der Waals surface area contributed by atoms with Crippen LogP contribution in [0.2, 0.25) is 0 Å². The maximum Gasteiger partial charge on any atom is 0.260 e. The molecule has 1 fully saturated rings. The number of methoxy groups -OCH3 is 1. The summed E-state index contributed by atoms with van der Waals surface area (Å²) in [7, 11) is 1.72. The number of rotatable bonds is 7. The molecule has 1 aliphatic rings. The second-order valence-corrected chi connectivity index (χ2v) is 8.44. The first-order chi connectivity index (χ1) is 12.3. The van der Waals surface area contributed by atoms with Gasteiger partial charge in [0.1, 0.15) is 5.75 Å². The van der Waals surface area contributed by atoms with Gasteiger partial charge in [0.05, 0.1) is 6.61 Å². The zero-order valence-electron chi connectivity index (χ0n) is 17.3. The Hall–Kier alpha value is -1.30. The topological polar surface area (TPSA) is 59.6 Å². The fourth-order valence-electron chi connectivity index (χ4n) is 3.35. The highest BCUT2D eigenvalue weighted by Crippen LogP contribution is 2.28. The summed E-state index contributed by atoms with van der Waals surface area (Å²) in [4.78, 5) is 12.5. The molecule has 0 aromatic heterocycles. The Bertz CT molecular complexity index is 590. The summed E-state index contributed by atoms with van der Waals surface area (Å²) in [5.74, 6) is 0.647. The Labute approximate surface area is 170 Å². The van der Waals surface area contributed by atoms with Gasteiger partial charge in [-0.3, -0.25) is 4.79 Å².